The molecule has 1 N–H and O–H groups in total. The van der Waals surface area contributed by atoms with Crippen molar-refractivity contribution >= 4 is 5.91 Å². The molecule has 3 heteroatoms. The first-order valence-corrected chi connectivity index (χ1v) is 8.03. The summed E-state index contributed by atoms with van der Waals surface area (Å²) in [5, 5.41) is 3.13. The second-order valence-corrected chi connectivity index (χ2v) is 5.91. The molecule has 2 aromatic rings. The maximum absolute atomic E-state index is 12.4. The minimum atomic E-state index is 0.0270. The third-order valence-corrected chi connectivity index (χ3v) is 4.11. The Morgan fingerprint density at radius 3 is 2.39 bits per heavy atom. The van der Waals surface area contributed by atoms with Gasteiger partial charge in [0, 0.05) is 0 Å². The molecule has 0 radical (unpaired) electrons. The molecule has 2 aromatic carbocycles. The Kier molecular flexibility index (Phi) is 5.80. The van der Waals surface area contributed by atoms with Gasteiger partial charge in [0.1, 0.15) is 5.75 Å². The van der Waals surface area contributed by atoms with E-state index in [4.69, 9.17) is 4.74 Å². The highest BCUT2D eigenvalue weighted by Crippen LogP contribution is 2.20. The predicted molar refractivity (Wildman–Crippen MR) is 93.8 cm³/mol. The molecular formula is C20H25NO2. The van der Waals surface area contributed by atoms with Crippen molar-refractivity contribution in [1.82, 2.24) is 5.32 Å². The van der Waals surface area contributed by atoms with Crippen LogP contribution in [0.15, 0.2) is 42.5 Å². The molecule has 0 aliphatic rings. The van der Waals surface area contributed by atoms with Crippen molar-refractivity contribution in [1.29, 1.82) is 0 Å². The van der Waals surface area contributed by atoms with Crippen LogP contribution in [0.5, 0.6) is 5.75 Å². The topological polar surface area (TPSA) is 38.3 Å². The molecule has 0 saturated carbocycles. The standard InChI is InChI=1S/C20H25NO2/c1-5-19(16-8-10-18(23-4)11-9-16)21-20(22)13-17-7-6-14(2)12-15(17)3/h6-12,19H,5,13H2,1-4H3,(H,21,22)/t19-/m0/s1. The Morgan fingerprint density at radius 2 is 1.83 bits per heavy atom. The van der Waals surface area contributed by atoms with Gasteiger partial charge >= 0.3 is 0 Å². The number of ether oxygens (including phenoxy) is 1. The largest absolute Gasteiger partial charge is 0.497 e. The monoisotopic (exact) mass is 311 g/mol. The Hall–Kier alpha value is -2.29. The van der Waals surface area contributed by atoms with E-state index in [9.17, 15) is 4.79 Å². The van der Waals surface area contributed by atoms with Gasteiger partial charge in [-0.1, -0.05) is 42.8 Å². The summed E-state index contributed by atoms with van der Waals surface area (Å²) in [4.78, 5) is 12.4. The molecule has 0 fully saturated rings. The van der Waals surface area contributed by atoms with E-state index in [0.29, 0.717) is 6.42 Å². The van der Waals surface area contributed by atoms with Gasteiger partial charge in [0.2, 0.25) is 5.91 Å². The van der Waals surface area contributed by atoms with E-state index < -0.39 is 0 Å². The summed E-state index contributed by atoms with van der Waals surface area (Å²) in [6.45, 7) is 6.19. The molecule has 0 aliphatic heterocycles. The van der Waals surface area contributed by atoms with Crippen molar-refractivity contribution in [3.05, 3.63) is 64.7 Å². The lowest BCUT2D eigenvalue weighted by molar-refractivity contribution is -0.121. The summed E-state index contributed by atoms with van der Waals surface area (Å²) in [6, 6.07) is 14.1. The van der Waals surface area contributed by atoms with Crippen LogP contribution in [0, 0.1) is 13.8 Å². The lowest BCUT2D eigenvalue weighted by Crippen LogP contribution is -2.29. The first-order valence-electron chi connectivity index (χ1n) is 8.03. The quantitative estimate of drug-likeness (QED) is 0.871. The van der Waals surface area contributed by atoms with Crippen molar-refractivity contribution in [3.63, 3.8) is 0 Å². The summed E-state index contributed by atoms with van der Waals surface area (Å²) < 4.78 is 5.18. The van der Waals surface area contributed by atoms with Crippen LogP contribution in [-0.4, -0.2) is 13.0 Å². The van der Waals surface area contributed by atoms with Crippen LogP contribution >= 0.6 is 0 Å². The molecule has 3 nitrogen and oxygen atoms in total. The van der Waals surface area contributed by atoms with Crippen LogP contribution in [0.2, 0.25) is 0 Å². The molecule has 1 atom stereocenters. The van der Waals surface area contributed by atoms with Crippen LogP contribution in [0.25, 0.3) is 0 Å². The number of hydrogen-bond donors (Lipinski definition) is 1. The van der Waals surface area contributed by atoms with E-state index in [1.807, 2.05) is 30.3 Å². The lowest BCUT2D eigenvalue weighted by Gasteiger charge is -2.18. The molecule has 23 heavy (non-hydrogen) atoms. The van der Waals surface area contributed by atoms with Gasteiger partial charge in [0.05, 0.1) is 19.6 Å². The number of carbonyl (C=O) groups is 1. The zero-order valence-electron chi connectivity index (χ0n) is 14.3. The van der Waals surface area contributed by atoms with Crippen molar-refractivity contribution < 1.29 is 9.53 Å². The minimum absolute atomic E-state index is 0.0270. The molecule has 1 amide bonds. The van der Waals surface area contributed by atoms with E-state index in [1.165, 1.54) is 5.56 Å². The van der Waals surface area contributed by atoms with Crippen molar-refractivity contribution in [2.45, 2.75) is 39.7 Å². The van der Waals surface area contributed by atoms with Gasteiger partial charge in [-0.15, -0.1) is 0 Å². The van der Waals surface area contributed by atoms with Crippen LogP contribution in [0.4, 0.5) is 0 Å². The number of nitrogens with one attached hydrogen (secondary N) is 1. The number of aryl methyl sites for hydroxylation is 2. The van der Waals surface area contributed by atoms with E-state index >= 15 is 0 Å². The number of benzene rings is 2. The fourth-order valence-corrected chi connectivity index (χ4v) is 2.72. The van der Waals surface area contributed by atoms with Crippen LogP contribution in [-0.2, 0) is 11.2 Å². The summed E-state index contributed by atoms with van der Waals surface area (Å²) in [5.41, 5.74) is 4.56. The molecule has 0 aromatic heterocycles. The Balaban J connectivity index is 2.04. The third-order valence-electron chi connectivity index (χ3n) is 4.11. The number of rotatable bonds is 6. The average molecular weight is 311 g/mol. The van der Waals surface area contributed by atoms with E-state index in [1.54, 1.807) is 7.11 Å². The van der Waals surface area contributed by atoms with Gasteiger partial charge in [-0.25, -0.2) is 0 Å². The highest BCUT2D eigenvalue weighted by molar-refractivity contribution is 5.79. The molecule has 122 valence electrons. The van der Waals surface area contributed by atoms with Gasteiger partial charge in [-0.2, -0.15) is 0 Å². The number of carbonyl (C=O) groups excluding carboxylic acids is 1. The average Bonchev–Trinajstić information content (AvgIpc) is 2.55. The van der Waals surface area contributed by atoms with Gasteiger partial charge < -0.3 is 10.1 Å². The lowest BCUT2D eigenvalue weighted by atomic mass is 10.0. The van der Waals surface area contributed by atoms with Crippen molar-refractivity contribution in [3.8, 4) is 5.75 Å². The van der Waals surface area contributed by atoms with Crippen molar-refractivity contribution in [2.24, 2.45) is 0 Å². The third kappa shape index (κ3) is 4.59. The van der Waals surface area contributed by atoms with Crippen molar-refractivity contribution in [2.75, 3.05) is 7.11 Å². The first kappa shape index (κ1) is 17.1. The molecule has 0 bridgehead atoms. The molecule has 0 saturated heterocycles. The molecule has 0 aliphatic carbocycles. The zero-order valence-corrected chi connectivity index (χ0v) is 14.3. The van der Waals surface area contributed by atoms with Crippen LogP contribution < -0.4 is 10.1 Å². The van der Waals surface area contributed by atoms with Gasteiger partial charge in [-0.05, 0) is 49.1 Å². The molecular weight excluding hydrogens is 286 g/mol. The number of methoxy groups -OCH3 is 1. The van der Waals surface area contributed by atoms with E-state index in [0.717, 1.165) is 28.9 Å². The summed E-state index contributed by atoms with van der Waals surface area (Å²) in [6.07, 6.45) is 1.27. The summed E-state index contributed by atoms with van der Waals surface area (Å²) >= 11 is 0. The SMILES string of the molecule is CC[C@H](NC(=O)Cc1ccc(C)cc1C)c1ccc(OC)cc1. The van der Waals surface area contributed by atoms with Crippen LogP contribution in [0.1, 0.15) is 41.6 Å². The van der Waals surface area contributed by atoms with E-state index in [2.05, 4.69) is 38.2 Å². The zero-order chi connectivity index (χ0) is 16.8. The van der Waals surface area contributed by atoms with Gasteiger partial charge in [0.25, 0.3) is 0 Å². The normalized spacial score (nSPS) is 11.8. The number of hydrogen-bond acceptors (Lipinski definition) is 2. The van der Waals surface area contributed by atoms with Crippen LogP contribution in [0.3, 0.4) is 0 Å². The fraction of sp³-hybridized carbons (Fsp3) is 0.350. The van der Waals surface area contributed by atoms with E-state index in [-0.39, 0.29) is 11.9 Å². The van der Waals surface area contributed by atoms with Gasteiger partial charge in [-0.3, -0.25) is 4.79 Å². The second kappa shape index (κ2) is 7.82. The Morgan fingerprint density at radius 1 is 1.13 bits per heavy atom. The molecule has 0 heterocycles. The predicted octanol–water partition coefficient (Wildman–Crippen LogP) is 4.12. The summed E-state index contributed by atoms with van der Waals surface area (Å²) in [7, 11) is 1.65. The highest BCUT2D eigenvalue weighted by atomic mass is 16.5. The molecule has 0 unspecified atom stereocenters. The first-order chi connectivity index (χ1) is 11.0. The molecule has 2 rings (SSSR count). The fourth-order valence-electron chi connectivity index (χ4n) is 2.72. The molecule has 0 spiro atoms. The Labute approximate surface area is 138 Å². The highest BCUT2D eigenvalue weighted by Gasteiger charge is 2.14. The second-order valence-electron chi connectivity index (χ2n) is 5.91. The maximum atomic E-state index is 12.4. The maximum Gasteiger partial charge on any atom is 0.224 e. The number of amides is 1. The summed E-state index contributed by atoms with van der Waals surface area (Å²) in [5.74, 6) is 0.879. The van der Waals surface area contributed by atoms with Gasteiger partial charge in [0.15, 0.2) is 0 Å². The Bertz CT molecular complexity index is 662. The minimum Gasteiger partial charge on any atom is -0.497 e. The smallest absolute Gasteiger partial charge is 0.224 e.